The minimum absolute atomic E-state index is 0.170. The molecule has 0 spiro atoms. The third kappa shape index (κ3) is 5.50. The van der Waals surface area contributed by atoms with E-state index in [2.05, 4.69) is 5.32 Å². The van der Waals surface area contributed by atoms with Gasteiger partial charge in [-0.25, -0.2) is 14.0 Å². The normalized spacial score (nSPS) is 19.0. The second-order valence-corrected chi connectivity index (χ2v) is 7.19. The van der Waals surface area contributed by atoms with E-state index in [-0.39, 0.29) is 56.6 Å². The Hall–Kier alpha value is -3.63. The van der Waals surface area contributed by atoms with Gasteiger partial charge in [-0.15, -0.1) is 0 Å². The molecule has 2 aliphatic rings. The molecule has 2 N–H and O–H groups in total. The topological polar surface area (TPSA) is 119 Å². The van der Waals surface area contributed by atoms with Crippen LogP contribution in [0.2, 0.25) is 0 Å². The van der Waals surface area contributed by atoms with Crippen LogP contribution >= 0.6 is 0 Å². The monoisotopic (exact) mass is 434 g/mol. The highest BCUT2D eigenvalue weighted by atomic mass is 19.1. The van der Waals surface area contributed by atoms with Crippen LogP contribution in [-0.4, -0.2) is 84.3 Å². The Balaban J connectivity index is 1.59. The van der Waals surface area contributed by atoms with Gasteiger partial charge in [-0.2, -0.15) is 0 Å². The SMILES string of the molecule is CC(=O)NC[C@H]1CN(c2ccc(C=CC(=O)N3CCN(C(=O)O)CC3)c(F)c2)C(=O)O1. The number of anilines is 1. The number of nitrogens with zero attached hydrogens (tertiary/aromatic N) is 3. The second-order valence-electron chi connectivity index (χ2n) is 7.19. The number of ether oxygens (including phenoxy) is 1. The Morgan fingerprint density at radius 2 is 1.90 bits per heavy atom. The maximum Gasteiger partial charge on any atom is 0.414 e. The van der Waals surface area contributed by atoms with E-state index in [1.165, 1.54) is 45.9 Å². The molecule has 0 unspecified atom stereocenters. The lowest BCUT2D eigenvalue weighted by Crippen LogP contribution is -2.49. The molecule has 0 saturated carbocycles. The fourth-order valence-corrected chi connectivity index (χ4v) is 3.30. The molecule has 1 aromatic rings. The summed E-state index contributed by atoms with van der Waals surface area (Å²) in [5, 5.41) is 11.5. The summed E-state index contributed by atoms with van der Waals surface area (Å²) in [6, 6.07) is 4.17. The number of carbonyl (C=O) groups is 4. The number of cyclic esters (lactones) is 1. The van der Waals surface area contributed by atoms with E-state index in [4.69, 9.17) is 9.84 Å². The molecule has 166 valence electrons. The van der Waals surface area contributed by atoms with Crippen molar-refractivity contribution in [3.8, 4) is 0 Å². The largest absolute Gasteiger partial charge is 0.465 e. The Bertz CT molecular complexity index is 913. The molecule has 2 fully saturated rings. The van der Waals surface area contributed by atoms with Crippen molar-refractivity contribution in [2.24, 2.45) is 0 Å². The van der Waals surface area contributed by atoms with E-state index in [0.717, 1.165) is 0 Å². The first-order valence-electron chi connectivity index (χ1n) is 9.71. The fraction of sp³-hybridized carbons (Fsp3) is 0.400. The number of hydrogen-bond donors (Lipinski definition) is 2. The molecule has 11 heteroatoms. The molecule has 0 bridgehead atoms. The summed E-state index contributed by atoms with van der Waals surface area (Å²) in [5.74, 6) is -1.19. The van der Waals surface area contributed by atoms with Gasteiger partial charge in [0.1, 0.15) is 11.9 Å². The predicted molar refractivity (Wildman–Crippen MR) is 108 cm³/mol. The van der Waals surface area contributed by atoms with Gasteiger partial charge >= 0.3 is 12.2 Å². The van der Waals surface area contributed by atoms with Gasteiger partial charge in [0.25, 0.3) is 0 Å². The Morgan fingerprint density at radius 1 is 1.23 bits per heavy atom. The lowest BCUT2D eigenvalue weighted by atomic mass is 10.1. The third-order valence-electron chi connectivity index (χ3n) is 5.02. The van der Waals surface area contributed by atoms with E-state index < -0.39 is 24.1 Å². The molecule has 3 rings (SSSR count). The van der Waals surface area contributed by atoms with E-state index in [9.17, 15) is 23.6 Å². The number of benzene rings is 1. The van der Waals surface area contributed by atoms with Crippen LogP contribution in [0.4, 0.5) is 19.7 Å². The van der Waals surface area contributed by atoms with E-state index in [0.29, 0.717) is 5.69 Å². The van der Waals surface area contributed by atoms with Crippen molar-refractivity contribution in [1.82, 2.24) is 15.1 Å². The molecule has 1 atom stereocenters. The maximum absolute atomic E-state index is 14.5. The van der Waals surface area contributed by atoms with Gasteiger partial charge in [0.2, 0.25) is 11.8 Å². The van der Waals surface area contributed by atoms with E-state index in [1.807, 2.05) is 0 Å². The zero-order valence-electron chi connectivity index (χ0n) is 16.9. The van der Waals surface area contributed by atoms with Crippen LogP contribution in [0.5, 0.6) is 0 Å². The number of amides is 4. The van der Waals surface area contributed by atoms with Crippen molar-refractivity contribution >= 4 is 35.8 Å². The summed E-state index contributed by atoms with van der Waals surface area (Å²) >= 11 is 0. The van der Waals surface area contributed by atoms with Crippen molar-refractivity contribution in [3.63, 3.8) is 0 Å². The number of carbonyl (C=O) groups excluding carboxylic acids is 3. The second kappa shape index (κ2) is 9.45. The number of carboxylic acid groups (broad SMARTS) is 1. The van der Waals surface area contributed by atoms with Crippen LogP contribution in [0, 0.1) is 5.82 Å². The van der Waals surface area contributed by atoms with Crippen LogP contribution in [-0.2, 0) is 14.3 Å². The molecular weight excluding hydrogens is 411 g/mol. The summed E-state index contributed by atoms with van der Waals surface area (Å²) in [6.07, 6.45) is 0.398. The average molecular weight is 434 g/mol. The number of nitrogens with one attached hydrogen (secondary N) is 1. The molecule has 0 radical (unpaired) electrons. The average Bonchev–Trinajstić information content (AvgIpc) is 3.11. The highest BCUT2D eigenvalue weighted by Gasteiger charge is 2.32. The maximum atomic E-state index is 14.5. The molecular formula is C20H23FN4O6. The lowest BCUT2D eigenvalue weighted by molar-refractivity contribution is -0.127. The van der Waals surface area contributed by atoms with Gasteiger partial charge in [-0.05, 0) is 24.3 Å². The van der Waals surface area contributed by atoms with Gasteiger partial charge < -0.3 is 25.0 Å². The van der Waals surface area contributed by atoms with E-state index in [1.54, 1.807) is 6.07 Å². The molecule has 2 saturated heterocycles. The van der Waals surface area contributed by atoms with Crippen molar-refractivity contribution in [3.05, 3.63) is 35.7 Å². The van der Waals surface area contributed by atoms with Crippen molar-refractivity contribution in [1.29, 1.82) is 0 Å². The molecule has 0 aromatic heterocycles. The van der Waals surface area contributed by atoms with Crippen LogP contribution in [0.25, 0.3) is 6.08 Å². The molecule has 31 heavy (non-hydrogen) atoms. The summed E-state index contributed by atoms with van der Waals surface area (Å²) in [6.45, 7) is 2.70. The molecule has 0 aliphatic carbocycles. The number of halogens is 1. The quantitative estimate of drug-likeness (QED) is 0.671. The van der Waals surface area contributed by atoms with Gasteiger partial charge in [-0.1, -0.05) is 0 Å². The lowest BCUT2D eigenvalue weighted by Gasteiger charge is -2.32. The molecule has 2 aliphatic heterocycles. The Morgan fingerprint density at radius 3 is 2.52 bits per heavy atom. The van der Waals surface area contributed by atoms with Gasteiger partial charge in [-0.3, -0.25) is 14.5 Å². The van der Waals surface area contributed by atoms with Gasteiger partial charge in [0.05, 0.1) is 18.8 Å². The van der Waals surface area contributed by atoms with Crippen LogP contribution in [0.3, 0.4) is 0 Å². The number of rotatable bonds is 5. The summed E-state index contributed by atoms with van der Waals surface area (Å²) in [5.41, 5.74) is 0.477. The molecule has 10 nitrogen and oxygen atoms in total. The highest BCUT2D eigenvalue weighted by Crippen LogP contribution is 2.24. The van der Waals surface area contributed by atoms with Gasteiger partial charge in [0, 0.05) is 44.7 Å². The van der Waals surface area contributed by atoms with Crippen LogP contribution < -0.4 is 10.2 Å². The van der Waals surface area contributed by atoms with Crippen molar-refractivity contribution < 1.29 is 33.4 Å². The third-order valence-corrected chi connectivity index (χ3v) is 5.02. The van der Waals surface area contributed by atoms with E-state index >= 15 is 0 Å². The predicted octanol–water partition coefficient (Wildman–Crippen LogP) is 1.12. The Labute approximate surface area is 177 Å². The first kappa shape index (κ1) is 22.1. The number of piperazine rings is 1. The number of hydrogen-bond acceptors (Lipinski definition) is 5. The standard InChI is InChI=1S/C20H23FN4O6/c1-13(26)22-11-16-12-25(20(30)31-16)15-4-2-14(17(21)10-15)3-5-18(27)23-6-8-24(9-7-23)19(28)29/h2-5,10,16H,6-9,11-12H2,1H3,(H,22,26)(H,28,29)/t16-/m0/s1. The zero-order valence-corrected chi connectivity index (χ0v) is 16.9. The Kier molecular flexibility index (Phi) is 6.73. The van der Waals surface area contributed by atoms with Crippen LogP contribution in [0.15, 0.2) is 24.3 Å². The minimum atomic E-state index is -1.02. The van der Waals surface area contributed by atoms with Crippen molar-refractivity contribution in [2.75, 3.05) is 44.2 Å². The zero-order chi connectivity index (χ0) is 22.5. The minimum Gasteiger partial charge on any atom is -0.465 e. The van der Waals surface area contributed by atoms with Crippen LogP contribution in [0.1, 0.15) is 12.5 Å². The van der Waals surface area contributed by atoms with Crippen molar-refractivity contribution in [2.45, 2.75) is 13.0 Å². The van der Waals surface area contributed by atoms with Gasteiger partial charge in [0.15, 0.2) is 0 Å². The summed E-state index contributed by atoms with van der Waals surface area (Å²) < 4.78 is 19.7. The first-order chi connectivity index (χ1) is 14.7. The molecule has 1 aromatic carbocycles. The summed E-state index contributed by atoms with van der Waals surface area (Å²) in [7, 11) is 0. The first-order valence-corrected chi connectivity index (χ1v) is 9.71. The molecule has 2 heterocycles. The smallest absolute Gasteiger partial charge is 0.414 e. The highest BCUT2D eigenvalue weighted by molar-refractivity contribution is 5.92. The summed E-state index contributed by atoms with van der Waals surface area (Å²) in [4.78, 5) is 50.2. The fourth-order valence-electron chi connectivity index (χ4n) is 3.30. The molecule has 4 amide bonds.